The molecule has 0 radical (unpaired) electrons. The predicted octanol–water partition coefficient (Wildman–Crippen LogP) is 2.49. The number of benzene rings is 1. The molecule has 6 nitrogen and oxygen atoms in total. The van der Waals surface area contributed by atoms with Crippen LogP contribution in [-0.4, -0.2) is 60.1 Å². The maximum absolute atomic E-state index is 13.0. The van der Waals surface area contributed by atoms with Gasteiger partial charge in [0.15, 0.2) is 0 Å². The Balaban J connectivity index is 1.70. The second kappa shape index (κ2) is 8.25. The van der Waals surface area contributed by atoms with Gasteiger partial charge in [-0.05, 0) is 44.2 Å². The first-order valence-electron chi connectivity index (χ1n) is 9.17. The summed E-state index contributed by atoms with van der Waals surface area (Å²) in [6, 6.07) is 7.44. The Morgan fingerprint density at radius 2 is 1.85 bits per heavy atom. The van der Waals surface area contributed by atoms with E-state index in [1.165, 1.54) is 8.61 Å². The molecular formula is C18H26ClN3O3S. The lowest BCUT2D eigenvalue weighted by atomic mass is 10.0. The number of amides is 1. The normalized spacial score (nSPS) is 24.5. The minimum Gasteiger partial charge on any atom is -0.339 e. The first-order valence-corrected chi connectivity index (χ1v) is 10.9. The minimum absolute atomic E-state index is 0.0777. The summed E-state index contributed by atoms with van der Waals surface area (Å²) >= 11 is 6.18. The zero-order valence-corrected chi connectivity index (χ0v) is 16.7. The molecule has 1 amide bonds. The topological polar surface area (TPSA) is 60.9 Å². The van der Waals surface area contributed by atoms with E-state index >= 15 is 0 Å². The van der Waals surface area contributed by atoms with Crippen molar-refractivity contribution in [3.05, 3.63) is 34.9 Å². The molecule has 2 aliphatic heterocycles. The number of piperidine rings is 1. The van der Waals surface area contributed by atoms with E-state index in [0.717, 1.165) is 31.4 Å². The summed E-state index contributed by atoms with van der Waals surface area (Å²) in [6.07, 6.45) is 3.80. The number of nitrogens with zero attached hydrogens (tertiary/aromatic N) is 3. The van der Waals surface area contributed by atoms with E-state index in [4.69, 9.17) is 11.6 Å². The fourth-order valence-electron chi connectivity index (χ4n) is 3.67. The molecule has 2 fully saturated rings. The molecule has 1 unspecified atom stereocenters. The van der Waals surface area contributed by atoms with Gasteiger partial charge in [-0.25, -0.2) is 0 Å². The van der Waals surface area contributed by atoms with Gasteiger partial charge in [0, 0.05) is 37.2 Å². The molecular weight excluding hydrogens is 374 g/mol. The van der Waals surface area contributed by atoms with Crippen molar-refractivity contribution in [3.8, 4) is 0 Å². The van der Waals surface area contributed by atoms with Crippen LogP contribution in [0, 0.1) is 0 Å². The molecule has 0 N–H and O–H groups in total. The van der Waals surface area contributed by atoms with Gasteiger partial charge in [0.25, 0.3) is 10.2 Å². The average molecular weight is 400 g/mol. The highest BCUT2D eigenvalue weighted by Crippen LogP contribution is 2.24. The van der Waals surface area contributed by atoms with Crippen LogP contribution in [-0.2, 0) is 21.5 Å². The van der Waals surface area contributed by atoms with Gasteiger partial charge >= 0.3 is 0 Å². The molecule has 3 rings (SSSR count). The Kier molecular flexibility index (Phi) is 6.22. The van der Waals surface area contributed by atoms with Gasteiger partial charge in [-0.2, -0.15) is 17.0 Å². The maximum atomic E-state index is 13.0. The molecule has 2 heterocycles. The number of hydrogen-bond donors (Lipinski definition) is 0. The largest absolute Gasteiger partial charge is 0.339 e. The van der Waals surface area contributed by atoms with E-state index in [0.29, 0.717) is 24.5 Å². The molecule has 0 aromatic heterocycles. The van der Waals surface area contributed by atoms with Gasteiger partial charge in [-0.15, -0.1) is 0 Å². The van der Waals surface area contributed by atoms with Gasteiger partial charge in [-0.3, -0.25) is 4.79 Å². The predicted molar refractivity (Wildman–Crippen MR) is 102 cm³/mol. The van der Waals surface area contributed by atoms with E-state index < -0.39 is 10.2 Å². The zero-order valence-electron chi connectivity index (χ0n) is 15.1. The van der Waals surface area contributed by atoms with E-state index in [1.807, 2.05) is 30.0 Å². The average Bonchev–Trinajstić information content (AvgIpc) is 2.60. The lowest BCUT2D eigenvalue weighted by molar-refractivity contribution is -0.134. The number of carbonyl (C=O) groups is 1. The number of rotatable bonds is 4. The van der Waals surface area contributed by atoms with Gasteiger partial charge < -0.3 is 4.90 Å². The van der Waals surface area contributed by atoms with Crippen molar-refractivity contribution in [2.45, 2.75) is 45.2 Å². The zero-order chi connectivity index (χ0) is 18.7. The first-order chi connectivity index (χ1) is 12.4. The van der Waals surface area contributed by atoms with E-state index in [1.54, 1.807) is 6.07 Å². The van der Waals surface area contributed by atoms with Crippen molar-refractivity contribution < 1.29 is 13.2 Å². The van der Waals surface area contributed by atoms with Crippen LogP contribution in [0.1, 0.15) is 38.2 Å². The molecule has 144 valence electrons. The Labute approximate surface area is 160 Å². The smallest absolute Gasteiger partial charge is 0.282 e. The molecule has 0 spiro atoms. The summed E-state index contributed by atoms with van der Waals surface area (Å²) in [5.74, 6) is -0.0969. The first kappa shape index (κ1) is 19.6. The van der Waals surface area contributed by atoms with Gasteiger partial charge in [0.1, 0.15) is 0 Å². The summed E-state index contributed by atoms with van der Waals surface area (Å²) in [4.78, 5) is 14.5. The molecule has 0 bridgehead atoms. The molecule has 1 aromatic rings. The van der Waals surface area contributed by atoms with Crippen molar-refractivity contribution in [2.24, 2.45) is 0 Å². The van der Waals surface area contributed by atoms with Gasteiger partial charge in [0.2, 0.25) is 5.91 Å². The third-order valence-corrected chi connectivity index (χ3v) is 7.50. The van der Waals surface area contributed by atoms with Crippen LogP contribution in [0.3, 0.4) is 0 Å². The molecule has 1 atom stereocenters. The lowest BCUT2D eigenvalue weighted by Gasteiger charge is -2.38. The Hall–Kier alpha value is -1.15. The van der Waals surface area contributed by atoms with Crippen LogP contribution < -0.4 is 0 Å². The SMILES string of the molecule is CC1CCCCN1C(=O)CN1CCCN(Cc2ccccc2Cl)S1(=O)=O. The van der Waals surface area contributed by atoms with Crippen molar-refractivity contribution in [2.75, 3.05) is 26.2 Å². The summed E-state index contributed by atoms with van der Waals surface area (Å²) in [5, 5.41) is 0.554. The number of carbonyl (C=O) groups excluding carboxylic acids is 1. The standard InChI is InChI=1S/C18H26ClN3O3S/c1-15-7-4-5-12-22(15)18(23)14-21-11-6-10-20(26(21,24)25)13-16-8-2-3-9-17(16)19/h2-3,8-9,15H,4-7,10-14H2,1H3. The van der Waals surface area contributed by atoms with Crippen molar-refractivity contribution in [1.82, 2.24) is 13.5 Å². The highest BCUT2D eigenvalue weighted by Gasteiger charge is 2.36. The summed E-state index contributed by atoms with van der Waals surface area (Å²) in [5.41, 5.74) is 0.774. The number of hydrogen-bond acceptors (Lipinski definition) is 3. The summed E-state index contributed by atoms with van der Waals surface area (Å²) in [6.45, 7) is 3.73. The molecule has 8 heteroatoms. The van der Waals surface area contributed by atoms with Gasteiger partial charge in [-0.1, -0.05) is 29.8 Å². The Morgan fingerprint density at radius 3 is 2.58 bits per heavy atom. The maximum Gasteiger partial charge on any atom is 0.282 e. The van der Waals surface area contributed by atoms with Crippen molar-refractivity contribution in [1.29, 1.82) is 0 Å². The van der Waals surface area contributed by atoms with E-state index in [2.05, 4.69) is 0 Å². The van der Waals surface area contributed by atoms with Gasteiger partial charge in [0.05, 0.1) is 6.54 Å². The van der Waals surface area contributed by atoms with Crippen LogP contribution in [0.2, 0.25) is 5.02 Å². The van der Waals surface area contributed by atoms with Crippen LogP contribution in [0.15, 0.2) is 24.3 Å². The monoisotopic (exact) mass is 399 g/mol. The van der Waals surface area contributed by atoms with Crippen LogP contribution in [0.5, 0.6) is 0 Å². The second-order valence-corrected chi connectivity index (χ2v) is 9.39. The quantitative estimate of drug-likeness (QED) is 0.781. The summed E-state index contributed by atoms with van der Waals surface area (Å²) in [7, 11) is -3.67. The fourth-order valence-corrected chi connectivity index (χ4v) is 5.48. The molecule has 0 aliphatic carbocycles. The minimum atomic E-state index is -3.67. The van der Waals surface area contributed by atoms with E-state index in [9.17, 15) is 13.2 Å². The molecule has 2 aliphatic rings. The van der Waals surface area contributed by atoms with Crippen molar-refractivity contribution >= 4 is 27.7 Å². The molecule has 1 aromatic carbocycles. The second-order valence-electron chi connectivity index (χ2n) is 7.05. The van der Waals surface area contributed by atoms with Crippen molar-refractivity contribution in [3.63, 3.8) is 0 Å². The fraction of sp³-hybridized carbons (Fsp3) is 0.611. The van der Waals surface area contributed by atoms with Crippen LogP contribution in [0.25, 0.3) is 0 Å². The third kappa shape index (κ3) is 4.22. The molecule has 0 saturated carbocycles. The third-order valence-electron chi connectivity index (χ3n) is 5.21. The highest BCUT2D eigenvalue weighted by atomic mass is 35.5. The van der Waals surface area contributed by atoms with Crippen LogP contribution in [0.4, 0.5) is 0 Å². The summed E-state index contributed by atoms with van der Waals surface area (Å²) < 4.78 is 28.7. The van der Waals surface area contributed by atoms with E-state index in [-0.39, 0.29) is 25.0 Å². The highest BCUT2D eigenvalue weighted by molar-refractivity contribution is 7.86. The molecule has 26 heavy (non-hydrogen) atoms. The number of likely N-dealkylation sites (tertiary alicyclic amines) is 1. The number of halogens is 1. The lowest BCUT2D eigenvalue weighted by Crippen LogP contribution is -2.54. The Bertz CT molecular complexity index is 756. The molecule has 2 saturated heterocycles. The van der Waals surface area contributed by atoms with Crippen LogP contribution >= 0.6 is 11.6 Å². The Morgan fingerprint density at radius 1 is 1.12 bits per heavy atom.